The van der Waals surface area contributed by atoms with Gasteiger partial charge in [-0.3, -0.25) is 0 Å². The monoisotopic (exact) mass is 168 g/mol. The lowest BCUT2D eigenvalue weighted by Crippen LogP contribution is -2.29. The lowest BCUT2D eigenvalue weighted by molar-refractivity contribution is 0.0776. The Bertz CT molecular complexity index is 248. The van der Waals surface area contributed by atoms with E-state index in [1.165, 1.54) is 0 Å². The molecule has 2 heteroatoms. The van der Waals surface area contributed by atoms with Crippen LogP contribution >= 0.6 is 0 Å². The first-order valence-corrected chi connectivity index (χ1v) is 4.86. The summed E-state index contributed by atoms with van der Waals surface area (Å²) >= 11 is 0. The van der Waals surface area contributed by atoms with Crippen molar-refractivity contribution in [3.05, 3.63) is 0 Å². The van der Waals surface area contributed by atoms with Crippen molar-refractivity contribution < 1.29 is 10.2 Å². The molecular weight excluding hydrogens is 152 g/mol. The molecule has 68 valence electrons. The summed E-state index contributed by atoms with van der Waals surface area (Å²) in [5, 5.41) is 19.3. The molecule has 0 radical (unpaired) electrons. The molecule has 4 bridgehead atoms. The maximum absolute atomic E-state index is 9.87. The summed E-state index contributed by atoms with van der Waals surface area (Å²) in [5.41, 5.74) is 0.285. The minimum absolute atomic E-state index is 0.108. The number of hydrogen-bond donors (Lipinski definition) is 2. The first kappa shape index (κ1) is 7.34. The van der Waals surface area contributed by atoms with Crippen LogP contribution in [0.1, 0.15) is 20.3 Å². The Balaban J connectivity index is 2.11. The fraction of sp³-hybridized carbons (Fsp3) is 1.00. The topological polar surface area (TPSA) is 40.5 Å². The van der Waals surface area contributed by atoms with Gasteiger partial charge in [-0.25, -0.2) is 0 Å². The number of hydrogen-bond acceptors (Lipinski definition) is 2. The van der Waals surface area contributed by atoms with Gasteiger partial charge in [0.25, 0.3) is 0 Å². The second-order valence-electron chi connectivity index (χ2n) is 5.39. The Morgan fingerprint density at radius 2 is 2.00 bits per heavy atom. The van der Waals surface area contributed by atoms with Crippen LogP contribution in [0.4, 0.5) is 0 Å². The van der Waals surface area contributed by atoms with Crippen molar-refractivity contribution in [2.45, 2.75) is 26.4 Å². The van der Waals surface area contributed by atoms with E-state index in [1.807, 2.05) is 0 Å². The minimum atomic E-state index is -0.114. The second kappa shape index (κ2) is 1.60. The normalized spacial score (nSPS) is 64.0. The molecule has 12 heavy (non-hydrogen) atoms. The number of aliphatic hydroxyl groups is 2. The molecule has 4 saturated carbocycles. The SMILES string of the molecule is CC1(C)C2CC3C(C2O)C31CO. The predicted octanol–water partition coefficient (Wildman–Crippen LogP) is 0.632. The van der Waals surface area contributed by atoms with E-state index in [1.54, 1.807) is 0 Å². The first-order chi connectivity index (χ1) is 5.57. The van der Waals surface area contributed by atoms with Crippen LogP contribution in [0.15, 0.2) is 0 Å². The molecule has 2 N–H and O–H groups in total. The van der Waals surface area contributed by atoms with Crippen molar-refractivity contribution in [1.29, 1.82) is 0 Å². The molecule has 5 unspecified atom stereocenters. The van der Waals surface area contributed by atoms with E-state index in [0.717, 1.165) is 6.42 Å². The van der Waals surface area contributed by atoms with Crippen LogP contribution in [0.2, 0.25) is 0 Å². The van der Waals surface area contributed by atoms with Gasteiger partial charge in [0.2, 0.25) is 0 Å². The molecule has 2 nitrogen and oxygen atoms in total. The maximum atomic E-state index is 9.87. The maximum Gasteiger partial charge on any atom is 0.0611 e. The van der Waals surface area contributed by atoms with Gasteiger partial charge in [-0.15, -0.1) is 0 Å². The fourth-order valence-corrected chi connectivity index (χ4v) is 4.51. The van der Waals surface area contributed by atoms with Gasteiger partial charge in [0.1, 0.15) is 0 Å². The zero-order chi connectivity index (χ0) is 8.72. The Morgan fingerprint density at radius 1 is 1.33 bits per heavy atom. The molecule has 0 heterocycles. The molecule has 0 aromatic carbocycles. The summed E-state index contributed by atoms with van der Waals surface area (Å²) in [7, 11) is 0. The molecule has 0 aromatic rings. The molecule has 4 aliphatic rings. The van der Waals surface area contributed by atoms with Gasteiger partial charge >= 0.3 is 0 Å². The van der Waals surface area contributed by atoms with E-state index in [-0.39, 0.29) is 23.5 Å². The molecule has 0 aliphatic heterocycles. The molecule has 5 atom stereocenters. The minimum Gasteiger partial charge on any atom is -0.396 e. The van der Waals surface area contributed by atoms with Gasteiger partial charge in [-0.2, -0.15) is 0 Å². The van der Waals surface area contributed by atoms with Crippen LogP contribution < -0.4 is 0 Å². The molecule has 4 aliphatic carbocycles. The lowest BCUT2D eigenvalue weighted by Gasteiger charge is -2.30. The zero-order valence-electron chi connectivity index (χ0n) is 7.62. The standard InChI is InChI=1S/C10H16O2/c1-9(2)6-3-5-7(8(6)12)10(5,9)4-11/h5-8,11-12H,3-4H2,1-2H3. The summed E-state index contributed by atoms with van der Waals surface area (Å²) in [6.07, 6.45) is 1.04. The van der Waals surface area contributed by atoms with Crippen molar-refractivity contribution in [2.24, 2.45) is 28.6 Å². The zero-order valence-corrected chi connectivity index (χ0v) is 7.62. The highest BCUT2D eigenvalue weighted by Gasteiger charge is 2.85. The third-order valence-electron chi connectivity index (χ3n) is 5.26. The Kier molecular flexibility index (Phi) is 0.978. The first-order valence-electron chi connectivity index (χ1n) is 4.86. The summed E-state index contributed by atoms with van der Waals surface area (Å²) < 4.78 is 0. The van der Waals surface area contributed by atoms with Crippen molar-refractivity contribution in [3.8, 4) is 0 Å². The molecular formula is C10H16O2. The summed E-state index contributed by atoms with van der Waals surface area (Å²) in [5.74, 6) is 1.53. The Labute approximate surface area is 72.6 Å². The third kappa shape index (κ3) is 0.409. The largest absolute Gasteiger partial charge is 0.396 e. The molecule has 0 aromatic heterocycles. The molecule has 4 fully saturated rings. The fourth-order valence-electron chi connectivity index (χ4n) is 4.51. The van der Waals surface area contributed by atoms with Crippen LogP contribution in [0.5, 0.6) is 0 Å². The van der Waals surface area contributed by atoms with E-state index < -0.39 is 0 Å². The van der Waals surface area contributed by atoms with E-state index >= 15 is 0 Å². The summed E-state index contributed by atoms with van der Waals surface area (Å²) in [6, 6.07) is 0. The van der Waals surface area contributed by atoms with Crippen LogP contribution in [-0.2, 0) is 0 Å². The van der Waals surface area contributed by atoms with Gasteiger partial charge in [-0.05, 0) is 29.6 Å². The highest BCUT2D eigenvalue weighted by Crippen LogP contribution is 2.85. The van der Waals surface area contributed by atoms with Gasteiger partial charge in [0.05, 0.1) is 6.10 Å². The Morgan fingerprint density at radius 3 is 2.17 bits per heavy atom. The average Bonchev–Trinajstić information content (AvgIpc) is 2.39. The highest BCUT2D eigenvalue weighted by atomic mass is 16.3. The van der Waals surface area contributed by atoms with Gasteiger partial charge in [0.15, 0.2) is 0 Å². The van der Waals surface area contributed by atoms with Crippen molar-refractivity contribution in [1.82, 2.24) is 0 Å². The van der Waals surface area contributed by atoms with E-state index in [0.29, 0.717) is 17.8 Å². The van der Waals surface area contributed by atoms with Crippen LogP contribution in [-0.4, -0.2) is 22.9 Å². The quantitative estimate of drug-likeness (QED) is 0.603. The molecule has 0 saturated heterocycles. The predicted molar refractivity (Wildman–Crippen MR) is 44.4 cm³/mol. The van der Waals surface area contributed by atoms with Gasteiger partial charge < -0.3 is 10.2 Å². The molecule has 4 rings (SSSR count). The molecule has 0 spiro atoms. The number of rotatable bonds is 1. The van der Waals surface area contributed by atoms with E-state index in [2.05, 4.69) is 13.8 Å². The summed E-state index contributed by atoms with van der Waals surface area (Å²) in [4.78, 5) is 0. The van der Waals surface area contributed by atoms with Crippen molar-refractivity contribution in [3.63, 3.8) is 0 Å². The van der Waals surface area contributed by atoms with Gasteiger partial charge in [0, 0.05) is 12.0 Å². The summed E-state index contributed by atoms with van der Waals surface area (Å²) in [6.45, 7) is 4.71. The van der Waals surface area contributed by atoms with Crippen molar-refractivity contribution in [2.75, 3.05) is 6.61 Å². The van der Waals surface area contributed by atoms with Crippen LogP contribution in [0, 0.1) is 28.6 Å². The van der Waals surface area contributed by atoms with Crippen LogP contribution in [0.3, 0.4) is 0 Å². The Hall–Kier alpha value is -0.0800. The second-order valence-corrected chi connectivity index (χ2v) is 5.39. The number of aliphatic hydroxyl groups excluding tert-OH is 2. The molecule has 0 amide bonds. The van der Waals surface area contributed by atoms with Gasteiger partial charge in [-0.1, -0.05) is 13.8 Å². The smallest absolute Gasteiger partial charge is 0.0611 e. The third-order valence-corrected chi connectivity index (χ3v) is 5.26. The van der Waals surface area contributed by atoms with E-state index in [9.17, 15) is 10.2 Å². The van der Waals surface area contributed by atoms with E-state index in [4.69, 9.17) is 0 Å². The van der Waals surface area contributed by atoms with Crippen LogP contribution in [0.25, 0.3) is 0 Å². The average molecular weight is 168 g/mol. The highest BCUT2D eigenvalue weighted by molar-refractivity contribution is 5.32. The van der Waals surface area contributed by atoms with Crippen molar-refractivity contribution >= 4 is 0 Å². The lowest BCUT2D eigenvalue weighted by atomic mass is 9.75.